The van der Waals surface area contributed by atoms with Crippen molar-refractivity contribution in [2.75, 3.05) is 0 Å². The Balaban J connectivity index is 0.00000196. The zero-order valence-electron chi connectivity index (χ0n) is 7.61. The zero-order chi connectivity index (χ0) is 10.7. The van der Waals surface area contributed by atoms with Crippen LogP contribution in [0.5, 0.6) is 0 Å². The molecule has 0 aliphatic rings. The first-order valence-electron chi connectivity index (χ1n) is 3.93. The Kier molecular flexibility index (Phi) is 5.18. The summed E-state index contributed by atoms with van der Waals surface area (Å²) in [6, 6.07) is 1.78. The van der Waals surface area contributed by atoms with E-state index in [0.29, 0.717) is 6.07 Å². The molecule has 0 aliphatic heterocycles. The van der Waals surface area contributed by atoms with Crippen molar-refractivity contribution in [3.05, 3.63) is 35.4 Å². The Morgan fingerprint density at radius 2 is 2.07 bits per heavy atom. The van der Waals surface area contributed by atoms with E-state index in [2.05, 4.69) is 0 Å². The molecular weight excluding hydrogens is 228 g/mol. The fourth-order valence-electron chi connectivity index (χ4n) is 1.01. The number of carboxylic acids is 1. The number of carboxylic acid groups (broad SMARTS) is 1. The number of nitrogens with two attached hydrogens (primary N) is 1. The summed E-state index contributed by atoms with van der Waals surface area (Å²) in [6.45, 7) is 0. The molecule has 0 fully saturated rings. The highest BCUT2D eigenvalue weighted by Crippen LogP contribution is 2.11. The van der Waals surface area contributed by atoms with Gasteiger partial charge in [-0.1, -0.05) is 6.07 Å². The van der Waals surface area contributed by atoms with Crippen LogP contribution in [0, 0.1) is 11.6 Å². The summed E-state index contributed by atoms with van der Waals surface area (Å²) >= 11 is 0. The van der Waals surface area contributed by atoms with Gasteiger partial charge in [-0.3, -0.25) is 4.79 Å². The van der Waals surface area contributed by atoms with Crippen LogP contribution in [0.3, 0.4) is 0 Å². The van der Waals surface area contributed by atoms with Gasteiger partial charge < -0.3 is 10.8 Å². The number of halogens is 3. The Morgan fingerprint density at radius 3 is 2.53 bits per heavy atom. The summed E-state index contributed by atoms with van der Waals surface area (Å²) in [5.74, 6) is -2.69. The molecule has 84 valence electrons. The van der Waals surface area contributed by atoms with Crippen LogP contribution in [-0.4, -0.2) is 17.1 Å². The van der Waals surface area contributed by atoms with Gasteiger partial charge in [0.1, 0.15) is 17.7 Å². The van der Waals surface area contributed by atoms with E-state index < -0.39 is 23.6 Å². The quantitative estimate of drug-likeness (QED) is 0.834. The van der Waals surface area contributed by atoms with Gasteiger partial charge in [-0.25, -0.2) is 8.78 Å². The van der Waals surface area contributed by atoms with Crippen LogP contribution in [0.2, 0.25) is 0 Å². The van der Waals surface area contributed by atoms with E-state index in [9.17, 15) is 13.6 Å². The molecule has 0 amide bonds. The lowest BCUT2D eigenvalue weighted by Gasteiger charge is -2.06. The molecule has 1 atom stereocenters. The van der Waals surface area contributed by atoms with Gasteiger partial charge in [-0.15, -0.1) is 12.4 Å². The van der Waals surface area contributed by atoms with E-state index in [1.807, 2.05) is 0 Å². The lowest BCUT2D eigenvalue weighted by molar-refractivity contribution is -0.138. The minimum absolute atomic E-state index is 0. The van der Waals surface area contributed by atoms with Crippen LogP contribution < -0.4 is 5.73 Å². The van der Waals surface area contributed by atoms with E-state index in [4.69, 9.17) is 10.8 Å². The van der Waals surface area contributed by atoms with Crippen LogP contribution in [0.15, 0.2) is 18.2 Å². The minimum atomic E-state index is -1.21. The molecule has 0 spiro atoms. The van der Waals surface area contributed by atoms with Gasteiger partial charge in [-0.05, 0) is 11.6 Å². The molecule has 0 saturated heterocycles. The van der Waals surface area contributed by atoms with Gasteiger partial charge in [0.15, 0.2) is 0 Å². The Bertz CT molecular complexity index is 360. The molecular formula is C9H10ClF2NO2. The maximum absolute atomic E-state index is 13.0. The smallest absolute Gasteiger partial charge is 0.320 e. The third-order valence-electron chi connectivity index (χ3n) is 1.77. The number of hydrogen-bond donors (Lipinski definition) is 2. The van der Waals surface area contributed by atoms with Crippen molar-refractivity contribution in [1.29, 1.82) is 0 Å². The average Bonchev–Trinajstić information content (AvgIpc) is 2.09. The molecule has 0 radical (unpaired) electrons. The molecule has 3 nitrogen and oxygen atoms in total. The molecule has 3 N–H and O–H groups in total. The molecule has 0 aliphatic carbocycles. The first-order valence-corrected chi connectivity index (χ1v) is 3.93. The summed E-state index contributed by atoms with van der Waals surface area (Å²) in [7, 11) is 0. The van der Waals surface area contributed by atoms with E-state index in [1.165, 1.54) is 6.07 Å². The maximum atomic E-state index is 13.0. The normalized spacial score (nSPS) is 11.7. The van der Waals surface area contributed by atoms with Gasteiger partial charge in [0.05, 0.1) is 0 Å². The molecule has 0 bridgehead atoms. The van der Waals surface area contributed by atoms with Gasteiger partial charge in [0.25, 0.3) is 0 Å². The molecule has 6 heteroatoms. The van der Waals surface area contributed by atoms with Crippen LogP contribution in [-0.2, 0) is 11.2 Å². The summed E-state index contributed by atoms with van der Waals surface area (Å²) in [4.78, 5) is 10.4. The topological polar surface area (TPSA) is 63.3 Å². The molecule has 0 aromatic heterocycles. The highest BCUT2D eigenvalue weighted by molar-refractivity contribution is 5.85. The largest absolute Gasteiger partial charge is 0.480 e. The monoisotopic (exact) mass is 237 g/mol. The molecule has 0 saturated carbocycles. The first-order chi connectivity index (χ1) is 6.50. The van der Waals surface area contributed by atoms with Crippen molar-refractivity contribution < 1.29 is 18.7 Å². The number of rotatable bonds is 3. The van der Waals surface area contributed by atoms with Crippen molar-refractivity contribution in [2.24, 2.45) is 5.73 Å². The van der Waals surface area contributed by atoms with Crippen molar-refractivity contribution in [1.82, 2.24) is 0 Å². The summed E-state index contributed by atoms with van der Waals surface area (Å²) < 4.78 is 25.4. The third-order valence-corrected chi connectivity index (χ3v) is 1.77. The number of hydrogen-bond acceptors (Lipinski definition) is 2. The van der Waals surface area contributed by atoms with Crippen LogP contribution >= 0.6 is 12.4 Å². The minimum Gasteiger partial charge on any atom is -0.480 e. The van der Waals surface area contributed by atoms with Crippen molar-refractivity contribution in [3.63, 3.8) is 0 Å². The summed E-state index contributed by atoms with van der Waals surface area (Å²) in [5, 5.41) is 8.47. The predicted octanol–water partition coefficient (Wildman–Crippen LogP) is 1.34. The van der Waals surface area contributed by atoms with Crippen molar-refractivity contribution in [3.8, 4) is 0 Å². The van der Waals surface area contributed by atoms with Gasteiger partial charge in [0.2, 0.25) is 0 Å². The van der Waals surface area contributed by atoms with Gasteiger partial charge in [-0.2, -0.15) is 0 Å². The van der Waals surface area contributed by atoms with Crippen LogP contribution in [0.4, 0.5) is 8.78 Å². The molecule has 15 heavy (non-hydrogen) atoms. The highest BCUT2D eigenvalue weighted by Gasteiger charge is 2.14. The molecule has 1 aromatic carbocycles. The standard InChI is InChI=1S/C9H9F2NO2.ClH/c10-6-2-1-5(7(11)4-6)3-8(12)9(13)14;/h1-2,4,8H,3,12H2,(H,13,14);1H. The Labute approximate surface area is 91.3 Å². The average molecular weight is 238 g/mol. The summed E-state index contributed by atoms with van der Waals surface area (Å²) in [5.41, 5.74) is 5.29. The maximum Gasteiger partial charge on any atom is 0.320 e. The second-order valence-corrected chi connectivity index (χ2v) is 2.88. The second kappa shape index (κ2) is 5.63. The fourth-order valence-corrected chi connectivity index (χ4v) is 1.01. The van der Waals surface area contributed by atoms with Crippen LogP contribution in [0.1, 0.15) is 5.56 Å². The Hall–Kier alpha value is -1.20. The molecule has 0 heterocycles. The first kappa shape index (κ1) is 13.8. The Morgan fingerprint density at radius 1 is 1.47 bits per heavy atom. The SMILES string of the molecule is Cl.NC(Cc1ccc(F)cc1F)C(=O)O. The summed E-state index contributed by atoms with van der Waals surface area (Å²) in [6.07, 6.45) is -0.151. The second-order valence-electron chi connectivity index (χ2n) is 2.88. The third kappa shape index (κ3) is 3.81. The predicted molar refractivity (Wildman–Crippen MR) is 52.9 cm³/mol. The van der Waals surface area contributed by atoms with E-state index >= 15 is 0 Å². The van der Waals surface area contributed by atoms with Gasteiger partial charge >= 0.3 is 5.97 Å². The molecule has 1 rings (SSSR count). The molecule has 1 unspecified atom stereocenters. The highest BCUT2D eigenvalue weighted by atomic mass is 35.5. The van der Waals surface area contributed by atoms with E-state index in [-0.39, 0.29) is 24.4 Å². The van der Waals surface area contributed by atoms with Crippen LogP contribution in [0.25, 0.3) is 0 Å². The van der Waals surface area contributed by atoms with Crippen molar-refractivity contribution >= 4 is 18.4 Å². The number of carbonyl (C=O) groups is 1. The fraction of sp³-hybridized carbons (Fsp3) is 0.222. The number of aliphatic carboxylic acids is 1. The van der Waals surface area contributed by atoms with Crippen molar-refractivity contribution in [2.45, 2.75) is 12.5 Å². The lowest BCUT2D eigenvalue weighted by atomic mass is 10.1. The van der Waals surface area contributed by atoms with E-state index in [0.717, 1.165) is 6.07 Å². The van der Waals surface area contributed by atoms with E-state index in [1.54, 1.807) is 0 Å². The number of benzene rings is 1. The zero-order valence-corrected chi connectivity index (χ0v) is 8.43. The lowest BCUT2D eigenvalue weighted by Crippen LogP contribution is -2.32. The molecule has 1 aromatic rings. The van der Waals surface area contributed by atoms with Gasteiger partial charge in [0, 0.05) is 12.5 Å².